The van der Waals surface area contributed by atoms with Gasteiger partial charge >= 0.3 is 5.97 Å². The number of likely N-dealkylation sites (tertiary alicyclic amines) is 1. The predicted molar refractivity (Wildman–Crippen MR) is 175 cm³/mol. The molecule has 0 unspecified atom stereocenters. The van der Waals surface area contributed by atoms with Gasteiger partial charge in [0.1, 0.15) is 23.7 Å². The molecule has 4 aliphatic heterocycles. The van der Waals surface area contributed by atoms with Gasteiger partial charge in [-0.3, -0.25) is 19.2 Å². The highest BCUT2D eigenvalue weighted by atomic mass is 16.6. The molecular formula is C37H43N3O7. The third-order valence-electron chi connectivity index (χ3n) is 10.0. The summed E-state index contributed by atoms with van der Waals surface area (Å²) in [5.74, 6) is -3.89. The van der Waals surface area contributed by atoms with Crippen molar-refractivity contribution in [2.24, 2.45) is 17.8 Å². The number of benzene rings is 2. The van der Waals surface area contributed by atoms with Gasteiger partial charge in [0.15, 0.2) is 0 Å². The molecule has 5 bridgehead atoms. The Labute approximate surface area is 275 Å². The maximum absolute atomic E-state index is 15.1. The highest BCUT2D eigenvalue weighted by Gasteiger charge is 2.74. The number of aliphatic hydroxyl groups excluding tert-OH is 1. The third-order valence-corrected chi connectivity index (χ3v) is 10.0. The summed E-state index contributed by atoms with van der Waals surface area (Å²) >= 11 is 0. The number of nitrogens with one attached hydrogen (secondary N) is 1. The number of amides is 3. The Morgan fingerprint density at radius 3 is 2.38 bits per heavy atom. The number of allylic oxidation sites excluding steroid dienone is 1. The first-order valence-corrected chi connectivity index (χ1v) is 16.4. The number of cyclic esters (lactones) is 1. The summed E-state index contributed by atoms with van der Waals surface area (Å²) in [5, 5.41) is 13.5. The number of ether oxygens (including phenoxy) is 2. The predicted octanol–water partition coefficient (Wildman–Crippen LogP) is 3.55. The minimum absolute atomic E-state index is 0.0592. The number of esters is 1. The van der Waals surface area contributed by atoms with Crippen LogP contribution >= 0.6 is 0 Å². The van der Waals surface area contributed by atoms with E-state index in [1.807, 2.05) is 88.4 Å². The van der Waals surface area contributed by atoms with Crippen molar-refractivity contribution in [1.82, 2.24) is 10.2 Å². The van der Waals surface area contributed by atoms with Crippen LogP contribution in [0.4, 0.5) is 5.69 Å². The smallest absolute Gasteiger partial charge is 0.313 e. The Balaban J connectivity index is 1.49. The van der Waals surface area contributed by atoms with Gasteiger partial charge in [-0.2, -0.15) is 0 Å². The Hall–Kier alpha value is -4.28. The van der Waals surface area contributed by atoms with Crippen LogP contribution in [0.1, 0.15) is 49.5 Å². The van der Waals surface area contributed by atoms with Crippen molar-refractivity contribution >= 4 is 29.4 Å². The van der Waals surface area contributed by atoms with Gasteiger partial charge in [-0.05, 0) is 42.9 Å². The minimum atomic E-state index is -1.44. The van der Waals surface area contributed by atoms with E-state index in [0.29, 0.717) is 17.7 Å². The molecule has 4 heterocycles. The van der Waals surface area contributed by atoms with Crippen molar-refractivity contribution in [1.29, 1.82) is 0 Å². The van der Waals surface area contributed by atoms with E-state index >= 15 is 4.79 Å². The Morgan fingerprint density at radius 1 is 0.979 bits per heavy atom. The molecule has 2 aromatic rings. The summed E-state index contributed by atoms with van der Waals surface area (Å²) < 4.78 is 12.7. The summed E-state index contributed by atoms with van der Waals surface area (Å²) in [6.45, 7) is 7.53. The molecular weight excluding hydrogens is 598 g/mol. The van der Waals surface area contributed by atoms with Gasteiger partial charge in [0.2, 0.25) is 11.8 Å². The van der Waals surface area contributed by atoms with E-state index in [0.717, 1.165) is 11.1 Å². The van der Waals surface area contributed by atoms with Gasteiger partial charge < -0.3 is 29.7 Å². The number of hydrogen-bond acceptors (Lipinski definition) is 7. The number of anilines is 1. The minimum Gasteiger partial charge on any atom is -0.455 e. The average Bonchev–Trinajstić information content (AvgIpc) is 3.69. The zero-order valence-corrected chi connectivity index (χ0v) is 27.3. The van der Waals surface area contributed by atoms with Gasteiger partial charge in [-0.1, -0.05) is 86.7 Å². The van der Waals surface area contributed by atoms with Crippen molar-refractivity contribution < 1.29 is 33.8 Å². The zero-order valence-electron chi connectivity index (χ0n) is 27.3. The normalized spacial score (nSPS) is 30.8. The van der Waals surface area contributed by atoms with Crippen LogP contribution in [0.2, 0.25) is 0 Å². The number of carbonyl (C=O) groups excluding carboxylic acids is 4. The van der Waals surface area contributed by atoms with Crippen molar-refractivity contribution in [2.75, 3.05) is 24.6 Å². The number of carbonyl (C=O) groups is 4. The molecule has 2 aromatic carbocycles. The first kappa shape index (κ1) is 32.7. The lowest BCUT2D eigenvalue weighted by atomic mass is 9.74. The van der Waals surface area contributed by atoms with E-state index in [2.05, 4.69) is 5.32 Å². The summed E-state index contributed by atoms with van der Waals surface area (Å²) in [6, 6.07) is 13.1. The molecule has 2 saturated heterocycles. The van der Waals surface area contributed by atoms with E-state index in [1.54, 1.807) is 17.1 Å². The van der Waals surface area contributed by atoms with Crippen LogP contribution < -0.4 is 10.2 Å². The molecule has 1 spiro atoms. The lowest BCUT2D eigenvalue weighted by Gasteiger charge is -2.40. The topological polar surface area (TPSA) is 125 Å². The molecule has 4 aliphatic rings. The number of rotatable bonds is 5. The second-order valence-corrected chi connectivity index (χ2v) is 13.3. The highest BCUT2D eigenvalue weighted by Crippen LogP contribution is 2.56. The summed E-state index contributed by atoms with van der Waals surface area (Å²) in [4.78, 5) is 59.9. The summed E-state index contributed by atoms with van der Waals surface area (Å²) in [6.07, 6.45) is 6.32. The molecule has 2 N–H and O–H groups in total. The van der Waals surface area contributed by atoms with Crippen LogP contribution in [0.15, 0.2) is 72.8 Å². The van der Waals surface area contributed by atoms with E-state index in [-0.39, 0.29) is 43.8 Å². The Morgan fingerprint density at radius 2 is 1.70 bits per heavy atom. The number of para-hydroxylation sites is 1. The zero-order chi connectivity index (χ0) is 33.5. The number of nitrogens with zero attached hydrogens (tertiary/aromatic N) is 2. The molecule has 0 radical (unpaired) electrons. The SMILES string of the molecule is Cc1cccc(C)c1N1C/C=C\CCC(=O)NC[C@@H](c2ccccc2)OC(=O)[C@@H]2[C@@H]3C=C[C@]4(O3)[C@H](C1=O)N([C@@H](CO)C(C)C)C(=O)[C@@H]24. The lowest BCUT2D eigenvalue weighted by Crippen LogP contribution is -2.59. The molecule has 6 rings (SSSR count). The molecule has 10 heteroatoms. The fourth-order valence-corrected chi connectivity index (χ4v) is 7.73. The standard InChI is InChI=1S/C37H43N3O7/c1-22(2)26(21-41)40-33-35(44)39(32-23(3)12-11-13-24(32)4)19-10-6-9-16-29(42)38-20-28(25-14-7-5-8-15-25)46-36(45)30-27-17-18-37(33,47-27)31(30)34(40)43/h5-8,10-15,17-18,22,26-28,30-31,33,41H,9,16,19-21H2,1-4H3,(H,38,42)/b10-6-/t26-,27-,28-,30+,31+,33-,37+/m0/s1. The van der Waals surface area contributed by atoms with Crippen LogP contribution in [-0.2, 0) is 28.7 Å². The number of fused-ring (bicyclic) bond motifs is 2. The van der Waals surface area contributed by atoms with Crippen LogP contribution in [-0.4, -0.2) is 77.2 Å². The summed E-state index contributed by atoms with van der Waals surface area (Å²) in [7, 11) is 0. The molecule has 0 saturated carbocycles. The fraction of sp³-hybridized carbons (Fsp3) is 0.459. The van der Waals surface area contributed by atoms with Gasteiger partial charge in [0, 0.05) is 18.7 Å². The highest BCUT2D eigenvalue weighted by molar-refractivity contribution is 6.06. The largest absolute Gasteiger partial charge is 0.455 e. The van der Waals surface area contributed by atoms with Gasteiger partial charge in [0.25, 0.3) is 5.91 Å². The summed E-state index contributed by atoms with van der Waals surface area (Å²) in [5.41, 5.74) is 1.74. The van der Waals surface area contributed by atoms with Crippen molar-refractivity contribution in [3.05, 3.63) is 89.5 Å². The van der Waals surface area contributed by atoms with Crippen molar-refractivity contribution in [3.63, 3.8) is 0 Å². The van der Waals surface area contributed by atoms with Crippen LogP contribution in [0.5, 0.6) is 0 Å². The van der Waals surface area contributed by atoms with Crippen molar-refractivity contribution in [3.8, 4) is 0 Å². The molecule has 0 aliphatic carbocycles. The second-order valence-electron chi connectivity index (χ2n) is 13.3. The number of hydrogen-bond donors (Lipinski definition) is 2. The van der Waals surface area contributed by atoms with Crippen LogP contribution in [0, 0.1) is 31.6 Å². The molecule has 10 nitrogen and oxygen atoms in total. The maximum atomic E-state index is 15.1. The van der Waals surface area contributed by atoms with Crippen molar-refractivity contribution in [2.45, 2.75) is 70.4 Å². The first-order valence-electron chi connectivity index (χ1n) is 16.4. The fourth-order valence-electron chi connectivity index (χ4n) is 7.73. The molecule has 7 atom stereocenters. The Bertz CT molecular complexity index is 1580. The van der Waals surface area contributed by atoms with Gasteiger partial charge in [-0.25, -0.2) is 0 Å². The third kappa shape index (κ3) is 5.67. The first-order chi connectivity index (χ1) is 22.6. The maximum Gasteiger partial charge on any atom is 0.313 e. The van der Waals surface area contributed by atoms with Gasteiger partial charge in [-0.15, -0.1) is 0 Å². The number of aliphatic hydroxyl groups is 1. The van der Waals surface area contributed by atoms with E-state index < -0.39 is 53.6 Å². The van der Waals surface area contributed by atoms with Gasteiger partial charge in [0.05, 0.1) is 31.2 Å². The lowest BCUT2D eigenvalue weighted by molar-refractivity contribution is -0.160. The Kier molecular flexibility index (Phi) is 9.09. The molecule has 2 fully saturated rings. The van der Waals surface area contributed by atoms with E-state index in [1.165, 1.54) is 4.90 Å². The van der Waals surface area contributed by atoms with E-state index in [4.69, 9.17) is 9.47 Å². The van der Waals surface area contributed by atoms with E-state index in [9.17, 15) is 19.5 Å². The number of aryl methyl sites for hydroxylation is 2. The second kappa shape index (κ2) is 13.1. The molecule has 47 heavy (non-hydrogen) atoms. The quantitative estimate of drug-likeness (QED) is 0.378. The monoisotopic (exact) mass is 641 g/mol. The molecule has 0 aromatic heterocycles. The molecule has 3 amide bonds. The molecule has 248 valence electrons. The van der Waals surface area contributed by atoms with Crippen LogP contribution in [0.3, 0.4) is 0 Å². The average molecular weight is 642 g/mol. The van der Waals surface area contributed by atoms with Crippen LogP contribution in [0.25, 0.3) is 0 Å².